The molecule has 6 aromatic rings. The maximum atomic E-state index is 14.0. The van der Waals surface area contributed by atoms with Crippen LogP contribution in [-0.2, 0) is 41.7 Å². The first-order valence-electron chi connectivity index (χ1n) is 18.9. The Morgan fingerprint density at radius 1 is 0.600 bits per heavy atom. The predicted molar refractivity (Wildman–Crippen MR) is 218 cm³/mol. The zero-order valence-corrected chi connectivity index (χ0v) is 33.5. The molecule has 312 valence electrons. The third kappa shape index (κ3) is 10.2. The summed E-state index contributed by atoms with van der Waals surface area (Å²) in [5, 5.41) is 0. The summed E-state index contributed by atoms with van der Waals surface area (Å²) in [6, 6.07) is 44.3. The normalized spacial score (nSPS) is 14.0. The van der Waals surface area contributed by atoms with E-state index < -0.39 is 69.5 Å². The van der Waals surface area contributed by atoms with Gasteiger partial charge in [-0.1, -0.05) is 146 Å². The monoisotopic (exact) mass is 844 g/mol. The highest BCUT2D eigenvalue weighted by Crippen LogP contribution is 2.43. The third-order valence-corrected chi connectivity index (χ3v) is 11.4. The Morgan fingerprint density at radius 3 is 1.47 bits per heavy atom. The fraction of sp³-hybridized carbons (Fsp3) is 0.208. The minimum atomic E-state index is -5.11. The molecular formula is C48H42F6O5S. The van der Waals surface area contributed by atoms with Crippen LogP contribution < -0.4 is 0 Å². The number of hydrogen-bond acceptors (Lipinski definition) is 5. The van der Waals surface area contributed by atoms with Crippen molar-refractivity contribution in [1.29, 1.82) is 0 Å². The molecule has 6 aromatic carbocycles. The molecule has 0 aromatic heterocycles. The summed E-state index contributed by atoms with van der Waals surface area (Å²) in [6.45, 7) is 6.60. The second-order valence-electron chi connectivity index (χ2n) is 14.3. The highest BCUT2D eigenvalue weighted by atomic mass is 32.2. The average molecular weight is 845 g/mol. The fourth-order valence-electron chi connectivity index (χ4n) is 7.13. The molecule has 0 amide bonds. The zero-order valence-electron chi connectivity index (χ0n) is 32.7. The van der Waals surface area contributed by atoms with Gasteiger partial charge in [-0.05, 0) is 77.6 Å². The van der Waals surface area contributed by atoms with Gasteiger partial charge in [-0.25, -0.2) is 0 Å². The molecule has 0 aliphatic rings. The van der Waals surface area contributed by atoms with Crippen LogP contribution in [0.1, 0.15) is 63.5 Å². The van der Waals surface area contributed by atoms with E-state index in [1.54, 1.807) is 49.4 Å². The maximum Gasteiger partial charge on any atom is 0.416 e. The molecule has 0 aliphatic carbocycles. The molecule has 0 saturated heterocycles. The number of aryl methyl sites for hydroxylation is 1. The number of halogens is 6. The number of alkyl halides is 6. The largest absolute Gasteiger partial charge is 0.416 e. The lowest BCUT2D eigenvalue weighted by atomic mass is 9.79. The van der Waals surface area contributed by atoms with E-state index in [1.165, 1.54) is 19.1 Å². The van der Waals surface area contributed by atoms with Crippen LogP contribution in [-0.4, -0.2) is 27.7 Å². The molecule has 0 heterocycles. The van der Waals surface area contributed by atoms with E-state index in [0.29, 0.717) is 23.3 Å². The van der Waals surface area contributed by atoms with E-state index in [2.05, 4.69) is 6.58 Å². The van der Waals surface area contributed by atoms with Crippen LogP contribution in [0.4, 0.5) is 26.3 Å². The summed E-state index contributed by atoms with van der Waals surface area (Å²) in [4.78, 5) is -0.163. The molecular weight excluding hydrogens is 803 g/mol. The van der Waals surface area contributed by atoms with Crippen molar-refractivity contribution in [2.24, 2.45) is 0 Å². The fourth-order valence-corrected chi connectivity index (χ4v) is 8.05. The predicted octanol–water partition coefficient (Wildman–Crippen LogP) is 12.2. The molecule has 0 fully saturated rings. The lowest BCUT2D eigenvalue weighted by Crippen LogP contribution is -2.36. The van der Waals surface area contributed by atoms with Crippen LogP contribution >= 0.6 is 0 Å². The molecule has 60 heavy (non-hydrogen) atoms. The van der Waals surface area contributed by atoms with E-state index in [0.717, 1.165) is 22.3 Å². The van der Waals surface area contributed by atoms with Gasteiger partial charge in [0.2, 0.25) is 0 Å². The lowest BCUT2D eigenvalue weighted by Gasteiger charge is -2.38. The van der Waals surface area contributed by atoms with Gasteiger partial charge in [-0.3, -0.25) is 4.18 Å². The molecule has 1 unspecified atom stereocenters. The van der Waals surface area contributed by atoms with Crippen molar-refractivity contribution in [3.8, 4) is 0 Å². The van der Waals surface area contributed by atoms with Gasteiger partial charge in [-0.15, -0.1) is 0 Å². The number of rotatable bonds is 16. The highest BCUT2D eigenvalue weighted by Gasteiger charge is 2.41. The first-order chi connectivity index (χ1) is 28.5. The molecule has 12 heteroatoms. The molecule has 3 atom stereocenters. The van der Waals surface area contributed by atoms with Gasteiger partial charge < -0.3 is 9.47 Å². The van der Waals surface area contributed by atoms with Crippen molar-refractivity contribution >= 4 is 10.1 Å². The average Bonchev–Trinajstić information content (AvgIpc) is 3.24. The quantitative estimate of drug-likeness (QED) is 0.0420. The highest BCUT2D eigenvalue weighted by molar-refractivity contribution is 7.86. The SMILES string of the molecule is C=C(COC(c1ccccc1)(c1ccccc1)c1ccccc1)C(c1ccccc1)[C@@H](COS(=O)(=O)c1ccc(C)cc1)O[C@H](C)c1cc(C(F)(F)F)cc(C(F)(F)F)c1. The van der Waals surface area contributed by atoms with Gasteiger partial charge in [0.1, 0.15) is 5.60 Å². The Kier molecular flexibility index (Phi) is 13.5. The van der Waals surface area contributed by atoms with Crippen LogP contribution in [0.2, 0.25) is 0 Å². The van der Waals surface area contributed by atoms with Crippen LogP contribution in [0.5, 0.6) is 0 Å². The van der Waals surface area contributed by atoms with Gasteiger partial charge in [0.05, 0.1) is 41.4 Å². The van der Waals surface area contributed by atoms with Gasteiger partial charge in [-0.2, -0.15) is 34.8 Å². The zero-order chi connectivity index (χ0) is 43.1. The standard InChI is InChI=1S/C48H42F6O5S/c1-33-24-26-43(27-25-33)60(55,56)58-32-44(59-35(3)37-28-41(47(49,50)51)30-42(29-37)48(52,53)54)45(36-16-8-4-9-17-36)34(2)31-57-46(38-18-10-5-11-19-38,39-20-12-6-13-21-39)40-22-14-7-15-23-40/h4-30,35,44-45H,2,31-32H2,1,3H3/t35-,44-,45?/m1/s1. The Labute approximate surface area is 346 Å². The first-order valence-corrected chi connectivity index (χ1v) is 20.3. The van der Waals surface area contributed by atoms with Crippen molar-refractivity contribution in [1.82, 2.24) is 0 Å². The van der Waals surface area contributed by atoms with Gasteiger partial charge in [0.25, 0.3) is 10.1 Å². The summed E-state index contributed by atoms with van der Waals surface area (Å²) in [5.74, 6) is -0.977. The van der Waals surface area contributed by atoms with Gasteiger partial charge in [0, 0.05) is 5.92 Å². The Balaban J connectivity index is 1.45. The summed E-state index contributed by atoms with van der Waals surface area (Å²) in [7, 11) is -4.45. The maximum absolute atomic E-state index is 14.0. The van der Waals surface area contributed by atoms with E-state index in [-0.39, 0.29) is 17.6 Å². The molecule has 0 bridgehead atoms. The van der Waals surface area contributed by atoms with E-state index in [4.69, 9.17) is 13.7 Å². The topological polar surface area (TPSA) is 61.8 Å². The molecule has 0 aliphatic heterocycles. The second kappa shape index (κ2) is 18.4. The number of ether oxygens (including phenoxy) is 2. The Hall–Kier alpha value is -5.53. The van der Waals surface area contributed by atoms with Crippen LogP contribution in [0.25, 0.3) is 0 Å². The van der Waals surface area contributed by atoms with E-state index in [9.17, 15) is 34.8 Å². The summed E-state index contributed by atoms with van der Waals surface area (Å²) in [5.41, 5.74) is -0.653. The van der Waals surface area contributed by atoms with Crippen molar-refractivity contribution in [2.75, 3.05) is 13.2 Å². The minimum absolute atomic E-state index is 0.0371. The third-order valence-electron chi connectivity index (χ3n) is 10.1. The molecule has 0 saturated carbocycles. The van der Waals surface area contributed by atoms with Crippen molar-refractivity contribution in [3.63, 3.8) is 0 Å². The van der Waals surface area contributed by atoms with Crippen molar-refractivity contribution < 1.29 is 48.4 Å². The van der Waals surface area contributed by atoms with Crippen LogP contribution in [0.15, 0.2) is 181 Å². The summed E-state index contributed by atoms with van der Waals surface area (Å²) >= 11 is 0. The Bertz CT molecular complexity index is 2310. The molecule has 0 spiro atoms. The molecule has 0 N–H and O–H groups in total. The Morgan fingerprint density at radius 2 is 1.03 bits per heavy atom. The van der Waals surface area contributed by atoms with Gasteiger partial charge >= 0.3 is 12.4 Å². The van der Waals surface area contributed by atoms with Crippen LogP contribution in [0.3, 0.4) is 0 Å². The van der Waals surface area contributed by atoms with E-state index in [1.807, 2.05) is 91.0 Å². The van der Waals surface area contributed by atoms with Gasteiger partial charge in [0.15, 0.2) is 0 Å². The number of benzene rings is 6. The van der Waals surface area contributed by atoms with Crippen LogP contribution in [0, 0.1) is 6.92 Å². The number of hydrogen-bond donors (Lipinski definition) is 0. The second-order valence-corrected chi connectivity index (χ2v) is 15.9. The molecule has 0 radical (unpaired) electrons. The lowest BCUT2D eigenvalue weighted by molar-refractivity contribution is -0.143. The first kappa shape index (κ1) is 44.0. The van der Waals surface area contributed by atoms with Crippen molar-refractivity contribution in [3.05, 3.63) is 220 Å². The van der Waals surface area contributed by atoms with Crippen molar-refractivity contribution in [2.45, 2.75) is 54.8 Å². The summed E-state index contributed by atoms with van der Waals surface area (Å²) < 4.78 is 130. The minimum Gasteiger partial charge on any atom is -0.367 e. The van der Waals surface area contributed by atoms with E-state index >= 15 is 0 Å². The summed E-state index contributed by atoms with van der Waals surface area (Å²) in [6.07, 6.45) is -13.0. The smallest absolute Gasteiger partial charge is 0.367 e. The molecule has 5 nitrogen and oxygen atoms in total. The molecule has 6 rings (SSSR count).